The molecule has 142 valence electrons. The fourth-order valence-electron chi connectivity index (χ4n) is 3.02. The predicted octanol–water partition coefficient (Wildman–Crippen LogP) is 3.29. The molecular formula is C16H19BrN2O4S3. The van der Waals surface area contributed by atoms with Crippen molar-refractivity contribution in [3.8, 4) is 0 Å². The molecule has 6 nitrogen and oxygen atoms in total. The standard InChI is InChI=1S/C16H19BrN2O4S3/c1-3-18(4-2)25(20,21)13-5-6-14-12(11-13)9-10-19(14)26(22,23)16-8-7-15(17)24-16/h5-8,11H,3-4,9-10H2,1-2H3. The Balaban J connectivity index is 1.99. The highest BCUT2D eigenvalue weighted by atomic mass is 79.9. The molecule has 1 aliphatic rings. The predicted molar refractivity (Wildman–Crippen MR) is 107 cm³/mol. The molecule has 1 aliphatic heterocycles. The lowest BCUT2D eigenvalue weighted by Crippen LogP contribution is -2.30. The van der Waals surface area contributed by atoms with E-state index in [0.29, 0.717) is 31.7 Å². The molecule has 3 rings (SSSR count). The van der Waals surface area contributed by atoms with Crippen molar-refractivity contribution in [2.45, 2.75) is 29.4 Å². The van der Waals surface area contributed by atoms with Crippen LogP contribution in [0.5, 0.6) is 0 Å². The molecule has 10 heteroatoms. The Kier molecular flexibility index (Phi) is 5.51. The second kappa shape index (κ2) is 7.23. The first-order chi connectivity index (χ1) is 12.2. The minimum Gasteiger partial charge on any atom is -0.265 e. The molecule has 2 aromatic rings. The highest BCUT2D eigenvalue weighted by Crippen LogP contribution is 2.37. The van der Waals surface area contributed by atoms with E-state index in [-0.39, 0.29) is 9.10 Å². The fourth-order valence-corrected chi connectivity index (χ4v) is 8.15. The first-order valence-corrected chi connectivity index (χ1v) is 12.6. The Morgan fingerprint density at radius 2 is 1.81 bits per heavy atom. The van der Waals surface area contributed by atoms with Gasteiger partial charge < -0.3 is 0 Å². The highest BCUT2D eigenvalue weighted by molar-refractivity contribution is 9.11. The second-order valence-electron chi connectivity index (χ2n) is 5.77. The van der Waals surface area contributed by atoms with Crippen LogP contribution in [0, 0.1) is 0 Å². The van der Waals surface area contributed by atoms with Gasteiger partial charge in [-0.25, -0.2) is 16.8 Å². The summed E-state index contributed by atoms with van der Waals surface area (Å²) in [5.41, 5.74) is 1.28. The van der Waals surface area contributed by atoms with E-state index < -0.39 is 20.0 Å². The van der Waals surface area contributed by atoms with Crippen LogP contribution < -0.4 is 4.31 Å². The minimum absolute atomic E-state index is 0.207. The number of fused-ring (bicyclic) bond motifs is 1. The maximum absolute atomic E-state index is 12.9. The molecule has 0 amide bonds. The number of sulfonamides is 2. The molecule has 2 heterocycles. The van der Waals surface area contributed by atoms with E-state index >= 15 is 0 Å². The van der Waals surface area contributed by atoms with Crippen LogP contribution in [0.1, 0.15) is 19.4 Å². The summed E-state index contributed by atoms with van der Waals surface area (Å²) in [6.07, 6.45) is 0.489. The van der Waals surface area contributed by atoms with Crippen molar-refractivity contribution in [2.24, 2.45) is 0 Å². The van der Waals surface area contributed by atoms with E-state index in [1.807, 2.05) is 0 Å². The molecular weight excluding hydrogens is 460 g/mol. The summed E-state index contributed by atoms with van der Waals surface area (Å²) < 4.78 is 54.9. The average Bonchev–Trinajstić information content (AvgIpc) is 3.21. The summed E-state index contributed by atoms with van der Waals surface area (Å²) in [7, 11) is -7.21. The van der Waals surface area contributed by atoms with E-state index in [9.17, 15) is 16.8 Å². The molecule has 1 aromatic carbocycles. The summed E-state index contributed by atoms with van der Waals surface area (Å²) in [6, 6.07) is 7.96. The van der Waals surface area contributed by atoms with Gasteiger partial charge in [0.05, 0.1) is 14.4 Å². The number of hydrogen-bond donors (Lipinski definition) is 0. The van der Waals surface area contributed by atoms with Crippen molar-refractivity contribution in [3.63, 3.8) is 0 Å². The number of halogens is 1. The summed E-state index contributed by atoms with van der Waals surface area (Å²) >= 11 is 4.45. The number of benzene rings is 1. The lowest BCUT2D eigenvalue weighted by Gasteiger charge is -2.20. The molecule has 0 unspecified atom stereocenters. The maximum Gasteiger partial charge on any atom is 0.273 e. The van der Waals surface area contributed by atoms with Crippen molar-refractivity contribution >= 4 is 53.0 Å². The number of hydrogen-bond acceptors (Lipinski definition) is 5. The van der Waals surface area contributed by atoms with E-state index in [1.165, 1.54) is 14.7 Å². The average molecular weight is 479 g/mol. The molecule has 0 fully saturated rings. The van der Waals surface area contributed by atoms with Gasteiger partial charge in [-0.2, -0.15) is 4.31 Å². The largest absolute Gasteiger partial charge is 0.273 e. The molecule has 0 N–H and O–H groups in total. The van der Waals surface area contributed by atoms with E-state index in [1.54, 1.807) is 38.1 Å². The summed E-state index contributed by atoms with van der Waals surface area (Å²) in [4.78, 5) is 0.207. The Hall–Kier alpha value is -0.940. The molecule has 1 aromatic heterocycles. The Morgan fingerprint density at radius 1 is 1.12 bits per heavy atom. The smallest absolute Gasteiger partial charge is 0.265 e. The van der Waals surface area contributed by atoms with Crippen LogP contribution in [-0.4, -0.2) is 40.8 Å². The highest BCUT2D eigenvalue weighted by Gasteiger charge is 2.33. The maximum atomic E-state index is 12.9. The van der Waals surface area contributed by atoms with Gasteiger partial charge in [-0.1, -0.05) is 13.8 Å². The lowest BCUT2D eigenvalue weighted by atomic mass is 10.2. The summed E-state index contributed by atoms with van der Waals surface area (Å²) in [5, 5.41) is 0. The topological polar surface area (TPSA) is 74.8 Å². The van der Waals surface area contributed by atoms with Crippen LogP contribution in [0.25, 0.3) is 0 Å². The van der Waals surface area contributed by atoms with Crippen LogP contribution in [-0.2, 0) is 26.5 Å². The zero-order valence-corrected chi connectivity index (χ0v) is 18.4. The molecule has 0 saturated carbocycles. The van der Waals surface area contributed by atoms with E-state index in [0.717, 1.165) is 20.7 Å². The van der Waals surface area contributed by atoms with Crippen LogP contribution in [0.3, 0.4) is 0 Å². The van der Waals surface area contributed by atoms with Gasteiger partial charge in [0.2, 0.25) is 10.0 Å². The number of anilines is 1. The van der Waals surface area contributed by atoms with Crippen LogP contribution >= 0.6 is 27.3 Å². The first kappa shape index (κ1) is 19.8. The van der Waals surface area contributed by atoms with Crippen molar-refractivity contribution in [1.29, 1.82) is 0 Å². The Bertz CT molecular complexity index is 1030. The molecule has 0 aliphatic carbocycles. The molecule has 0 atom stereocenters. The van der Waals surface area contributed by atoms with Gasteiger partial charge in [0, 0.05) is 19.6 Å². The van der Waals surface area contributed by atoms with Crippen molar-refractivity contribution < 1.29 is 16.8 Å². The van der Waals surface area contributed by atoms with Gasteiger partial charge in [0.25, 0.3) is 10.0 Å². The van der Waals surface area contributed by atoms with E-state index in [4.69, 9.17) is 0 Å². The van der Waals surface area contributed by atoms with Gasteiger partial charge >= 0.3 is 0 Å². The quantitative estimate of drug-likeness (QED) is 0.638. The summed E-state index contributed by atoms with van der Waals surface area (Å²) in [6.45, 7) is 4.68. The van der Waals surface area contributed by atoms with Gasteiger partial charge in [0.15, 0.2) is 0 Å². The van der Waals surface area contributed by atoms with Crippen LogP contribution in [0.15, 0.2) is 43.2 Å². The van der Waals surface area contributed by atoms with Gasteiger partial charge in [-0.15, -0.1) is 11.3 Å². The minimum atomic E-state index is -3.64. The van der Waals surface area contributed by atoms with Crippen molar-refractivity contribution in [1.82, 2.24) is 4.31 Å². The van der Waals surface area contributed by atoms with Crippen molar-refractivity contribution in [2.75, 3.05) is 23.9 Å². The molecule has 0 saturated heterocycles. The zero-order valence-electron chi connectivity index (χ0n) is 14.3. The van der Waals surface area contributed by atoms with Crippen molar-refractivity contribution in [3.05, 3.63) is 39.7 Å². The zero-order chi connectivity index (χ0) is 19.1. The number of rotatable bonds is 6. The Labute approximate surface area is 166 Å². The molecule has 0 bridgehead atoms. The van der Waals surface area contributed by atoms with Gasteiger partial charge in [-0.05, 0) is 58.2 Å². The lowest BCUT2D eigenvalue weighted by molar-refractivity contribution is 0.445. The number of nitrogens with zero attached hydrogens (tertiary/aromatic N) is 2. The normalized spacial score (nSPS) is 14.8. The summed E-state index contributed by atoms with van der Waals surface area (Å²) in [5.74, 6) is 0. The third kappa shape index (κ3) is 3.33. The third-order valence-electron chi connectivity index (χ3n) is 4.34. The van der Waals surface area contributed by atoms with E-state index in [2.05, 4.69) is 15.9 Å². The fraction of sp³-hybridized carbons (Fsp3) is 0.375. The first-order valence-electron chi connectivity index (χ1n) is 8.13. The van der Waals surface area contributed by atoms with Gasteiger partial charge in [0.1, 0.15) is 4.21 Å². The second-order valence-corrected chi connectivity index (χ2v) is 12.3. The van der Waals surface area contributed by atoms with Crippen LogP contribution in [0.2, 0.25) is 0 Å². The van der Waals surface area contributed by atoms with Crippen LogP contribution in [0.4, 0.5) is 5.69 Å². The molecule has 0 spiro atoms. The van der Waals surface area contributed by atoms with Gasteiger partial charge in [-0.3, -0.25) is 4.31 Å². The monoisotopic (exact) mass is 478 g/mol. The third-order valence-corrected chi connectivity index (χ3v) is 10.3. The molecule has 26 heavy (non-hydrogen) atoms. The SMILES string of the molecule is CCN(CC)S(=O)(=O)c1ccc2c(c1)CCN2S(=O)(=O)c1ccc(Br)s1. The molecule has 0 radical (unpaired) electrons. The number of thiophene rings is 1. The Morgan fingerprint density at radius 3 is 2.38 bits per heavy atom.